The number of carbonyl (C=O) groups excluding carboxylic acids is 2. The van der Waals surface area contributed by atoms with Crippen LogP contribution in [-0.2, 0) is 4.79 Å². The molecule has 0 aromatic carbocycles. The van der Waals surface area contributed by atoms with E-state index in [1.807, 2.05) is 5.32 Å². The molecule has 1 aliphatic rings. The minimum absolute atomic E-state index is 0. The molecule has 1 rings (SSSR count). The molecule has 1 aliphatic heterocycles. The van der Waals surface area contributed by atoms with E-state index in [4.69, 9.17) is 0 Å². The first-order valence-electron chi connectivity index (χ1n) is 1.87. The van der Waals surface area contributed by atoms with Crippen LogP contribution < -0.4 is 10.6 Å². The monoisotopic (exact) mass is 215 g/mol. The topological polar surface area (TPSA) is 58.2 Å². The SMILES string of the molecule is O=C1CNC(=O)N1.[Na].[Na].[Na].[Na].[Na]. The van der Waals surface area contributed by atoms with Crippen LogP contribution >= 0.6 is 0 Å². The van der Waals surface area contributed by atoms with Gasteiger partial charge in [-0.1, -0.05) is 0 Å². The van der Waals surface area contributed by atoms with Gasteiger partial charge in [-0.2, -0.15) is 0 Å². The molecule has 0 bridgehead atoms. The van der Waals surface area contributed by atoms with Crippen LogP contribution in [0.2, 0.25) is 0 Å². The number of amides is 3. The molecule has 43 valence electrons. The van der Waals surface area contributed by atoms with Crippen molar-refractivity contribution in [2.24, 2.45) is 0 Å². The summed E-state index contributed by atoms with van der Waals surface area (Å²) in [6, 6.07) is -0.398. The van der Waals surface area contributed by atoms with Crippen molar-refractivity contribution in [3.8, 4) is 0 Å². The van der Waals surface area contributed by atoms with Crippen LogP contribution in [0.25, 0.3) is 0 Å². The van der Waals surface area contributed by atoms with Crippen LogP contribution in [0, 0.1) is 0 Å². The summed E-state index contributed by atoms with van der Waals surface area (Å²) >= 11 is 0. The second-order valence-electron chi connectivity index (χ2n) is 1.23. The van der Waals surface area contributed by atoms with Crippen molar-refractivity contribution in [1.82, 2.24) is 10.6 Å². The third kappa shape index (κ3) is 13.9. The first-order valence-corrected chi connectivity index (χ1v) is 1.87. The summed E-state index contributed by atoms with van der Waals surface area (Å²) in [5, 5.41) is 4.30. The average molecular weight is 215 g/mol. The Hall–Kier alpha value is 3.94. The first-order chi connectivity index (χ1) is 3.29. The van der Waals surface area contributed by atoms with Crippen LogP contribution in [0.15, 0.2) is 0 Å². The maximum absolute atomic E-state index is 10.1. The fraction of sp³-hybridized carbons (Fsp3) is 0.333. The van der Waals surface area contributed by atoms with Gasteiger partial charge in [0.05, 0.1) is 6.54 Å². The normalized spacial score (nSPS) is 11.0. The molecule has 1 fully saturated rings. The van der Waals surface area contributed by atoms with Crippen LogP contribution in [0.1, 0.15) is 0 Å². The molecule has 0 spiro atoms. The van der Waals surface area contributed by atoms with Crippen molar-refractivity contribution in [3.05, 3.63) is 0 Å². The Labute approximate surface area is 182 Å². The third-order valence-corrected chi connectivity index (χ3v) is 0.662. The van der Waals surface area contributed by atoms with E-state index in [0.717, 1.165) is 0 Å². The Morgan fingerprint density at radius 3 is 1.42 bits per heavy atom. The Balaban J connectivity index is -0.0000000327. The van der Waals surface area contributed by atoms with Crippen molar-refractivity contribution < 1.29 is 9.59 Å². The van der Waals surface area contributed by atoms with Gasteiger partial charge in [-0.3, -0.25) is 10.1 Å². The molecule has 4 nitrogen and oxygen atoms in total. The zero-order chi connectivity index (χ0) is 5.28. The van der Waals surface area contributed by atoms with Gasteiger partial charge in [-0.05, 0) is 0 Å². The molecular weight excluding hydrogens is 211 g/mol. The van der Waals surface area contributed by atoms with Gasteiger partial charge >= 0.3 is 6.03 Å². The Bertz CT molecular complexity index is 118. The van der Waals surface area contributed by atoms with Gasteiger partial charge in [0.25, 0.3) is 0 Å². The Kier molecular flexibility index (Phi) is 43.0. The molecule has 0 saturated carbocycles. The van der Waals surface area contributed by atoms with E-state index in [1.165, 1.54) is 0 Å². The molecule has 12 heavy (non-hydrogen) atoms. The van der Waals surface area contributed by atoms with E-state index in [9.17, 15) is 9.59 Å². The zero-order valence-corrected chi connectivity index (χ0v) is 18.5. The quantitative estimate of drug-likeness (QED) is 0.332. The number of nitrogens with one attached hydrogen (secondary N) is 2. The number of carbonyl (C=O) groups is 2. The van der Waals surface area contributed by atoms with Gasteiger partial charge in [0.15, 0.2) is 0 Å². The summed E-state index contributed by atoms with van der Waals surface area (Å²) in [4.78, 5) is 20.1. The molecular formula is C3H4N2Na5O2. The molecule has 0 aromatic heterocycles. The maximum Gasteiger partial charge on any atom is 0.321 e. The zero-order valence-electron chi connectivity index (χ0n) is 8.52. The number of rotatable bonds is 0. The third-order valence-electron chi connectivity index (χ3n) is 0.662. The van der Waals surface area contributed by atoms with Gasteiger partial charge in [-0.25, -0.2) is 4.79 Å². The summed E-state index contributed by atoms with van der Waals surface area (Å²) in [6.07, 6.45) is 0. The fourth-order valence-corrected chi connectivity index (χ4v) is 0.376. The molecule has 0 atom stereocenters. The summed E-state index contributed by atoms with van der Waals surface area (Å²) < 4.78 is 0. The van der Waals surface area contributed by atoms with Crippen LogP contribution in [-0.4, -0.2) is 166 Å². The maximum atomic E-state index is 10.1. The van der Waals surface area contributed by atoms with E-state index in [1.54, 1.807) is 0 Å². The fourth-order valence-electron chi connectivity index (χ4n) is 0.376. The largest absolute Gasteiger partial charge is 0.329 e. The van der Waals surface area contributed by atoms with E-state index < -0.39 is 6.03 Å². The van der Waals surface area contributed by atoms with Crippen molar-refractivity contribution >= 4 is 160 Å². The standard InChI is InChI=1S/C3H4N2O2.5Na/c6-2-1-4-3(7)5-2;;;;;/h1H2,(H2,4,5,6,7);;;;;. The number of hydrogen-bond acceptors (Lipinski definition) is 2. The van der Waals surface area contributed by atoms with Gasteiger partial charge in [0.2, 0.25) is 5.91 Å². The van der Waals surface area contributed by atoms with Crippen molar-refractivity contribution in [3.63, 3.8) is 0 Å². The number of hydrogen-bond donors (Lipinski definition) is 2. The molecule has 0 aromatic rings. The second kappa shape index (κ2) is 17.3. The van der Waals surface area contributed by atoms with Crippen LogP contribution in [0.3, 0.4) is 0 Å². The van der Waals surface area contributed by atoms with Crippen LogP contribution in [0.5, 0.6) is 0 Å². The summed E-state index contributed by atoms with van der Waals surface area (Å²) in [7, 11) is 0. The van der Waals surface area contributed by atoms with E-state index in [-0.39, 0.29) is 160 Å². The van der Waals surface area contributed by atoms with Gasteiger partial charge < -0.3 is 5.32 Å². The molecule has 9 heteroatoms. The molecule has 0 unspecified atom stereocenters. The van der Waals surface area contributed by atoms with E-state index in [0.29, 0.717) is 0 Å². The number of imide groups is 1. The molecule has 0 aliphatic carbocycles. The number of urea groups is 1. The minimum atomic E-state index is -0.398. The van der Waals surface area contributed by atoms with Crippen molar-refractivity contribution in [2.75, 3.05) is 6.54 Å². The molecule has 5 radical (unpaired) electrons. The molecule has 1 saturated heterocycles. The van der Waals surface area contributed by atoms with E-state index >= 15 is 0 Å². The van der Waals surface area contributed by atoms with E-state index in [2.05, 4.69) is 5.32 Å². The van der Waals surface area contributed by atoms with Crippen molar-refractivity contribution in [1.29, 1.82) is 0 Å². The predicted octanol–water partition coefficient (Wildman–Crippen LogP) is -3.08. The minimum Gasteiger partial charge on any atom is -0.329 e. The Morgan fingerprint density at radius 1 is 0.917 bits per heavy atom. The first kappa shape index (κ1) is 29.7. The van der Waals surface area contributed by atoms with Crippen molar-refractivity contribution in [2.45, 2.75) is 0 Å². The average Bonchev–Trinajstić information content (AvgIpc) is 1.87. The van der Waals surface area contributed by atoms with Gasteiger partial charge in [0, 0.05) is 148 Å². The summed E-state index contributed by atoms with van der Waals surface area (Å²) in [6.45, 7) is 0.124. The molecule has 3 amide bonds. The van der Waals surface area contributed by atoms with Gasteiger partial charge in [0.1, 0.15) is 0 Å². The second-order valence-corrected chi connectivity index (χ2v) is 1.23. The summed E-state index contributed by atoms with van der Waals surface area (Å²) in [5.41, 5.74) is 0. The predicted molar refractivity (Wildman–Crippen MR) is 50.3 cm³/mol. The summed E-state index contributed by atoms with van der Waals surface area (Å²) in [5.74, 6) is -0.259. The molecule has 2 N–H and O–H groups in total. The van der Waals surface area contributed by atoms with Crippen LogP contribution in [0.4, 0.5) is 4.79 Å². The van der Waals surface area contributed by atoms with Gasteiger partial charge in [-0.15, -0.1) is 0 Å². The smallest absolute Gasteiger partial charge is 0.321 e. The molecule has 1 heterocycles. The Morgan fingerprint density at radius 2 is 1.33 bits per heavy atom.